The van der Waals surface area contributed by atoms with Gasteiger partial charge < -0.3 is 40.3 Å². The molecule has 266 valence electrons. The average Bonchev–Trinajstić information content (AvgIpc) is 4.05. The topological polar surface area (TPSA) is 208 Å². The summed E-state index contributed by atoms with van der Waals surface area (Å²) in [7, 11) is -3.91. The van der Waals surface area contributed by atoms with Gasteiger partial charge in [-0.2, -0.15) is 0 Å². The van der Waals surface area contributed by atoms with Crippen LogP contribution in [0.2, 0.25) is 5.02 Å². The number of rotatable bonds is 19. The molecule has 2 aliphatic carbocycles. The maximum absolute atomic E-state index is 13.1. The molecule has 49 heavy (non-hydrogen) atoms. The van der Waals surface area contributed by atoms with E-state index in [0.29, 0.717) is 23.4 Å². The molecule has 0 saturated heterocycles. The number of nitrogens with one attached hydrogen (secondary N) is 2. The van der Waals surface area contributed by atoms with Crippen molar-refractivity contribution in [2.24, 2.45) is 0 Å². The Labute approximate surface area is 289 Å². The summed E-state index contributed by atoms with van der Waals surface area (Å²) in [5, 5.41) is 50.3. The minimum Gasteiger partial charge on any atom is -0.490 e. The summed E-state index contributed by atoms with van der Waals surface area (Å²) in [6, 6.07) is 14.3. The lowest BCUT2D eigenvalue weighted by Gasteiger charge is -2.24. The van der Waals surface area contributed by atoms with Crippen LogP contribution >= 0.6 is 11.6 Å². The van der Waals surface area contributed by atoms with E-state index in [2.05, 4.69) is 15.0 Å². The number of pyridine rings is 1. The highest BCUT2D eigenvalue weighted by molar-refractivity contribution is 7.89. The lowest BCUT2D eigenvalue weighted by molar-refractivity contribution is -0.148. The second-order valence-corrected chi connectivity index (χ2v) is 14.5. The third-order valence-electron chi connectivity index (χ3n) is 8.56. The van der Waals surface area contributed by atoms with E-state index in [-0.39, 0.29) is 30.7 Å². The summed E-state index contributed by atoms with van der Waals surface area (Å²) < 4.78 is 41.4. The van der Waals surface area contributed by atoms with Crippen LogP contribution in [0.25, 0.3) is 11.1 Å². The van der Waals surface area contributed by atoms with Crippen LogP contribution in [0, 0.1) is 0 Å². The number of aromatic nitrogens is 1. The number of carbonyl (C=O) groups excluding carboxylic acids is 1. The first-order chi connectivity index (χ1) is 23.5. The van der Waals surface area contributed by atoms with E-state index in [1.165, 1.54) is 18.2 Å². The van der Waals surface area contributed by atoms with Crippen molar-refractivity contribution in [3.05, 3.63) is 77.1 Å². The number of carbonyl (C=O) groups is 1. The van der Waals surface area contributed by atoms with Crippen molar-refractivity contribution in [1.29, 1.82) is 0 Å². The molecule has 4 unspecified atom stereocenters. The van der Waals surface area contributed by atoms with Gasteiger partial charge in [0.1, 0.15) is 24.1 Å². The zero-order valence-corrected chi connectivity index (χ0v) is 28.3. The first kappa shape index (κ1) is 37.1. The van der Waals surface area contributed by atoms with Crippen LogP contribution in [-0.2, 0) is 31.8 Å². The number of para-hydroxylation sites is 1. The van der Waals surface area contributed by atoms with E-state index in [0.717, 1.165) is 48.1 Å². The Bertz CT molecular complexity index is 1700. The minimum atomic E-state index is -3.91. The number of ether oxygens (including phenoxy) is 2. The van der Waals surface area contributed by atoms with E-state index in [9.17, 15) is 33.6 Å². The fourth-order valence-corrected chi connectivity index (χ4v) is 6.63. The Hall–Kier alpha value is -3.18. The largest absolute Gasteiger partial charge is 0.490 e. The van der Waals surface area contributed by atoms with Crippen molar-refractivity contribution in [3.63, 3.8) is 0 Å². The van der Waals surface area contributed by atoms with Gasteiger partial charge in [0.05, 0.1) is 29.8 Å². The summed E-state index contributed by atoms with van der Waals surface area (Å²) in [5.74, 6) is -0.175. The van der Waals surface area contributed by atoms with Gasteiger partial charge in [-0.15, -0.1) is 0 Å². The minimum absolute atomic E-state index is 0.0163. The zero-order valence-electron chi connectivity index (χ0n) is 26.7. The molecule has 0 spiro atoms. The molecule has 13 nitrogen and oxygen atoms in total. The number of aliphatic hydroxyl groups is 5. The molecule has 7 N–H and O–H groups in total. The summed E-state index contributed by atoms with van der Waals surface area (Å²) >= 11 is 6.48. The Morgan fingerprint density at radius 2 is 1.73 bits per heavy atom. The van der Waals surface area contributed by atoms with Gasteiger partial charge in [0.25, 0.3) is 5.91 Å². The molecule has 2 fully saturated rings. The molecule has 3 aromatic rings. The predicted molar refractivity (Wildman–Crippen MR) is 179 cm³/mol. The maximum Gasteiger partial charge on any atom is 0.251 e. The normalized spacial score (nSPS) is 17.9. The molecule has 15 heteroatoms. The zero-order chi connectivity index (χ0) is 35.2. The fraction of sp³-hybridized carbons (Fsp3) is 0.471. The van der Waals surface area contributed by atoms with Crippen LogP contribution in [0.5, 0.6) is 5.75 Å². The van der Waals surface area contributed by atoms with Crippen LogP contribution < -0.4 is 14.8 Å². The number of unbranched alkanes of at least 4 members (excludes halogenated alkanes) is 1. The molecule has 2 aromatic carbocycles. The van der Waals surface area contributed by atoms with Gasteiger partial charge in [0.2, 0.25) is 10.0 Å². The average molecular weight is 720 g/mol. The molecule has 2 aliphatic rings. The van der Waals surface area contributed by atoms with Gasteiger partial charge in [-0.3, -0.25) is 9.78 Å². The summed E-state index contributed by atoms with van der Waals surface area (Å²) in [6.45, 7) is -0.691. The number of benzene rings is 2. The highest BCUT2D eigenvalue weighted by atomic mass is 35.5. The predicted octanol–water partition coefficient (Wildman–Crippen LogP) is 1.76. The summed E-state index contributed by atoms with van der Waals surface area (Å²) in [5.41, 5.74) is 2.78. The van der Waals surface area contributed by atoms with E-state index in [4.69, 9.17) is 26.2 Å². The Balaban J connectivity index is 1.14. The van der Waals surface area contributed by atoms with Crippen LogP contribution in [-0.4, -0.2) is 95.1 Å². The van der Waals surface area contributed by atoms with Crippen molar-refractivity contribution in [2.75, 3.05) is 19.7 Å². The van der Waals surface area contributed by atoms with Crippen molar-refractivity contribution >= 4 is 27.5 Å². The van der Waals surface area contributed by atoms with Crippen LogP contribution in [0.3, 0.4) is 0 Å². The van der Waals surface area contributed by atoms with Gasteiger partial charge in [0.15, 0.2) is 6.10 Å². The van der Waals surface area contributed by atoms with E-state index < -0.39 is 52.6 Å². The number of halogens is 1. The fourth-order valence-electron chi connectivity index (χ4n) is 5.33. The molecular weight excluding hydrogens is 678 g/mol. The molecule has 1 amide bonds. The van der Waals surface area contributed by atoms with Crippen LogP contribution in [0.15, 0.2) is 65.8 Å². The maximum atomic E-state index is 13.1. The monoisotopic (exact) mass is 719 g/mol. The van der Waals surface area contributed by atoms with Crippen LogP contribution in [0.1, 0.15) is 49.7 Å². The van der Waals surface area contributed by atoms with Gasteiger partial charge in [-0.05, 0) is 80.0 Å². The number of nitrogens with zero attached hydrogens (tertiary/aromatic N) is 1. The lowest BCUT2D eigenvalue weighted by atomic mass is 9.96. The van der Waals surface area contributed by atoms with E-state index >= 15 is 0 Å². The molecule has 2 saturated carbocycles. The molecule has 0 radical (unpaired) electrons. The second-order valence-electron chi connectivity index (χ2n) is 12.3. The molecule has 0 aliphatic heterocycles. The summed E-state index contributed by atoms with van der Waals surface area (Å²) in [6.07, 6.45) is 0.367. The molecule has 1 heterocycles. The highest BCUT2D eigenvalue weighted by Gasteiger charge is 2.48. The number of amides is 1. The third-order valence-corrected chi connectivity index (χ3v) is 10.4. The molecule has 0 bridgehead atoms. The Morgan fingerprint density at radius 1 is 1.00 bits per heavy atom. The van der Waals surface area contributed by atoms with Crippen molar-refractivity contribution in [1.82, 2.24) is 15.0 Å². The lowest BCUT2D eigenvalue weighted by Crippen LogP contribution is -2.51. The van der Waals surface area contributed by atoms with Gasteiger partial charge in [-0.1, -0.05) is 29.8 Å². The number of aliphatic hydroxyl groups excluding tert-OH is 5. The standard InChI is InChI=1S/C34H42ClN3O10S/c35-27-10-9-23(49(45,46)38-15-4-3-14-37-33(44)32(43)31(42)30(41)28(40)19-39)17-21(27)20-47-34(12-13-34)26-18-36-16-11-24(26)25-5-1-2-6-29(25)48-22-7-8-22/h1-2,5-6,9-11,16-18,22,28,30-32,38-43H,3-4,7-8,12-15,19-20H2,(H,37,44). The molecule has 4 atom stereocenters. The third kappa shape index (κ3) is 9.34. The Morgan fingerprint density at radius 3 is 2.45 bits per heavy atom. The van der Waals surface area contributed by atoms with E-state index in [1.807, 2.05) is 36.5 Å². The van der Waals surface area contributed by atoms with Crippen molar-refractivity contribution < 1.29 is 48.2 Å². The SMILES string of the molecule is O=C(NCCCCNS(=O)(=O)c1ccc(Cl)c(COC2(c3cnccc3-c3ccccc3OC3CC3)CC2)c1)C(O)C(O)C(O)C(O)CO. The smallest absolute Gasteiger partial charge is 0.251 e. The van der Waals surface area contributed by atoms with E-state index in [1.54, 1.807) is 6.20 Å². The summed E-state index contributed by atoms with van der Waals surface area (Å²) in [4.78, 5) is 16.5. The van der Waals surface area contributed by atoms with Crippen molar-refractivity contribution in [3.8, 4) is 16.9 Å². The quantitative estimate of drug-likeness (QED) is 0.0889. The number of sulfonamides is 1. The molecular formula is C34H42ClN3O10S. The first-order valence-electron chi connectivity index (χ1n) is 16.2. The molecule has 5 rings (SSSR count). The van der Waals surface area contributed by atoms with Crippen LogP contribution in [0.4, 0.5) is 0 Å². The Kier molecular flexibility index (Phi) is 12.3. The van der Waals surface area contributed by atoms with Gasteiger partial charge >= 0.3 is 0 Å². The molecule has 1 aromatic heterocycles. The van der Waals surface area contributed by atoms with Gasteiger partial charge in [0, 0.05) is 41.6 Å². The van der Waals surface area contributed by atoms with Gasteiger partial charge in [-0.25, -0.2) is 13.1 Å². The number of hydrogen-bond acceptors (Lipinski definition) is 11. The second kappa shape index (κ2) is 16.2. The van der Waals surface area contributed by atoms with Crippen molar-refractivity contribution in [2.45, 2.75) is 86.1 Å². The highest BCUT2D eigenvalue weighted by Crippen LogP contribution is 2.53. The first-order valence-corrected chi connectivity index (χ1v) is 18.1. The number of hydrogen-bond donors (Lipinski definition) is 7.